The molecule has 0 aromatic carbocycles. The molecule has 1 saturated heterocycles. The van der Waals surface area contributed by atoms with Gasteiger partial charge in [0.15, 0.2) is 0 Å². The molecule has 6 heteroatoms. The Morgan fingerprint density at radius 1 is 1.53 bits per heavy atom. The van der Waals surface area contributed by atoms with E-state index in [4.69, 9.17) is 4.74 Å². The molecule has 0 aliphatic carbocycles. The fourth-order valence-corrected chi connectivity index (χ4v) is 2.60. The summed E-state index contributed by atoms with van der Waals surface area (Å²) in [7, 11) is -3.18. The Hall–Kier alpha value is -0.170. The lowest BCUT2D eigenvalue weighted by atomic mass is 10.3. The molecule has 1 aliphatic heterocycles. The van der Waals surface area contributed by atoms with Crippen molar-refractivity contribution in [3.8, 4) is 0 Å². The highest BCUT2D eigenvalue weighted by atomic mass is 32.2. The van der Waals surface area contributed by atoms with E-state index < -0.39 is 10.0 Å². The number of hydrogen-bond acceptors (Lipinski definition) is 4. The molecule has 1 rings (SSSR count). The maximum atomic E-state index is 11.5. The molecule has 1 aliphatic rings. The molecule has 0 aromatic heterocycles. The van der Waals surface area contributed by atoms with Crippen LogP contribution in [0.5, 0.6) is 0 Å². The lowest BCUT2D eigenvalue weighted by Gasteiger charge is -2.12. The number of nitrogens with one attached hydrogen (secondary N) is 2. The third-order valence-electron chi connectivity index (χ3n) is 2.21. The summed E-state index contributed by atoms with van der Waals surface area (Å²) in [5.74, 6) is 0.0433. The fourth-order valence-electron chi connectivity index (χ4n) is 1.46. The van der Waals surface area contributed by atoms with Crippen molar-refractivity contribution in [2.24, 2.45) is 0 Å². The first kappa shape index (κ1) is 12.9. The Bertz CT molecular complexity index is 271. The molecule has 0 bridgehead atoms. The Kier molecular flexibility index (Phi) is 4.98. The van der Waals surface area contributed by atoms with Gasteiger partial charge < -0.3 is 10.1 Å². The Balaban J connectivity index is 2.25. The van der Waals surface area contributed by atoms with Gasteiger partial charge in [-0.3, -0.25) is 0 Å². The monoisotopic (exact) mass is 236 g/mol. The van der Waals surface area contributed by atoms with Gasteiger partial charge in [-0.1, -0.05) is 0 Å². The molecule has 0 saturated carbocycles. The van der Waals surface area contributed by atoms with Crippen LogP contribution in [-0.2, 0) is 14.8 Å². The minimum Gasteiger partial charge on any atom is -0.378 e. The van der Waals surface area contributed by atoms with Crippen LogP contribution < -0.4 is 10.0 Å². The van der Waals surface area contributed by atoms with Gasteiger partial charge in [0, 0.05) is 12.6 Å². The second-order valence-electron chi connectivity index (χ2n) is 4.05. The molecule has 2 N–H and O–H groups in total. The zero-order valence-corrected chi connectivity index (χ0v) is 10.1. The molecule has 90 valence electrons. The normalized spacial score (nSPS) is 22.5. The molecule has 0 radical (unpaired) electrons. The van der Waals surface area contributed by atoms with Gasteiger partial charge in [-0.2, -0.15) is 0 Å². The summed E-state index contributed by atoms with van der Waals surface area (Å²) in [6.07, 6.45) is 0.943. The van der Waals surface area contributed by atoms with E-state index in [-0.39, 0.29) is 24.5 Å². The van der Waals surface area contributed by atoms with Gasteiger partial charge in [0.2, 0.25) is 10.0 Å². The average molecular weight is 236 g/mol. The number of rotatable bonds is 6. The minimum absolute atomic E-state index is 0.0433. The van der Waals surface area contributed by atoms with E-state index in [1.165, 1.54) is 0 Å². The van der Waals surface area contributed by atoms with Crippen LogP contribution in [0, 0.1) is 0 Å². The van der Waals surface area contributed by atoms with Crippen LogP contribution in [0.4, 0.5) is 0 Å². The van der Waals surface area contributed by atoms with Gasteiger partial charge in [0.1, 0.15) is 0 Å². The van der Waals surface area contributed by atoms with E-state index in [2.05, 4.69) is 10.0 Å². The van der Waals surface area contributed by atoms with E-state index >= 15 is 0 Å². The maximum Gasteiger partial charge on any atom is 0.214 e. The maximum absolute atomic E-state index is 11.5. The van der Waals surface area contributed by atoms with Gasteiger partial charge in [-0.15, -0.1) is 0 Å². The van der Waals surface area contributed by atoms with E-state index in [1.807, 2.05) is 13.8 Å². The van der Waals surface area contributed by atoms with Gasteiger partial charge >= 0.3 is 0 Å². The summed E-state index contributed by atoms with van der Waals surface area (Å²) >= 11 is 0. The van der Waals surface area contributed by atoms with Gasteiger partial charge in [-0.25, -0.2) is 13.1 Å². The van der Waals surface area contributed by atoms with Crippen LogP contribution in [0.25, 0.3) is 0 Å². The predicted octanol–water partition coefficient (Wildman–Crippen LogP) is -0.307. The Morgan fingerprint density at radius 2 is 2.27 bits per heavy atom. The molecule has 15 heavy (non-hydrogen) atoms. The molecule has 1 heterocycles. The lowest BCUT2D eigenvalue weighted by molar-refractivity contribution is 0.0911. The van der Waals surface area contributed by atoms with Crippen molar-refractivity contribution in [3.63, 3.8) is 0 Å². The van der Waals surface area contributed by atoms with Gasteiger partial charge in [0.05, 0.1) is 18.5 Å². The van der Waals surface area contributed by atoms with Gasteiger partial charge in [-0.05, 0) is 26.8 Å². The van der Waals surface area contributed by atoms with Crippen molar-refractivity contribution in [3.05, 3.63) is 0 Å². The van der Waals surface area contributed by atoms with Crippen LogP contribution in [0.3, 0.4) is 0 Å². The van der Waals surface area contributed by atoms with Gasteiger partial charge in [0.25, 0.3) is 0 Å². The number of hydrogen-bond donors (Lipinski definition) is 2. The lowest BCUT2D eigenvalue weighted by Crippen LogP contribution is -2.38. The van der Waals surface area contributed by atoms with Crippen molar-refractivity contribution in [1.29, 1.82) is 0 Å². The summed E-state index contributed by atoms with van der Waals surface area (Å²) in [6.45, 7) is 5.65. The molecule has 1 unspecified atom stereocenters. The summed E-state index contributed by atoms with van der Waals surface area (Å²) in [4.78, 5) is 0. The Labute approximate surface area is 91.6 Å². The first-order chi connectivity index (χ1) is 6.99. The molecule has 0 spiro atoms. The van der Waals surface area contributed by atoms with Crippen LogP contribution in [0.2, 0.25) is 0 Å². The largest absolute Gasteiger partial charge is 0.378 e. The summed E-state index contributed by atoms with van der Waals surface area (Å²) < 4.78 is 31.0. The zero-order chi connectivity index (χ0) is 11.3. The third kappa shape index (κ3) is 5.46. The van der Waals surface area contributed by atoms with E-state index in [0.29, 0.717) is 0 Å². The van der Waals surface area contributed by atoms with Crippen molar-refractivity contribution in [2.45, 2.75) is 32.4 Å². The first-order valence-electron chi connectivity index (χ1n) is 5.32. The zero-order valence-electron chi connectivity index (χ0n) is 9.32. The number of sulfonamides is 1. The third-order valence-corrected chi connectivity index (χ3v) is 3.61. The highest BCUT2D eigenvalue weighted by Gasteiger charge is 2.20. The predicted molar refractivity (Wildman–Crippen MR) is 59.3 cm³/mol. The SMILES string of the molecule is CC(C)OCCS(=O)(=O)NC1CCNC1. The van der Waals surface area contributed by atoms with Crippen LogP contribution in [0.1, 0.15) is 20.3 Å². The van der Waals surface area contributed by atoms with Crippen molar-refractivity contribution >= 4 is 10.0 Å². The van der Waals surface area contributed by atoms with E-state index in [9.17, 15) is 8.42 Å². The summed E-state index contributed by atoms with van der Waals surface area (Å²) in [5, 5.41) is 3.11. The smallest absolute Gasteiger partial charge is 0.214 e. The average Bonchev–Trinajstić information content (AvgIpc) is 2.54. The minimum atomic E-state index is -3.18. The summed E-state index contributed by atoms with van der Waals surface area (Å²) in [5.41, 5.74) is 0. The fraction of sp³-hybridized carbons (Fsp3) is 1.00. The quantitative estimate of drug-likeness (QED) is 0.664. The highest BCUT2D eigenvalue weighted by molar-refractivity contribution is 7.89. The number of ether oxygens (including phenoxy) is 1. The van der Waals surface area contributed by atoms with Crippen LogP contribution in [0.15, 0.2) is 0 Å². The molecule has 1 fully saturated rings. The Morgan fingerprint density at radius 3 is 2.80 bits per heavy atom. The molecule has 0 aromatic rings. The second kappa shape index (κ2) is 5.79. The second-order valence-corrected chi connectivity index (χ2v) is 5.92. The standard InChI is InChI=1S/C9H20N2O3S/c1-8(2)14-5-6-15(12,13)11-9-3-4-10-7-9/h8-11H,3-7H2,1-2H3. The van der Waals surface area contributed by atoms with E-state index in [1.54, 1.807) is 0 Å². The molecule has 5 nitrogen and oxygen atoms in total. The van der Waals surface area contributed by atoms with Crippen LogP contribution in [-0.4, -0.2) is 46.0 Å². The molecular weight excluding hydrogens is 216 g/mol. The molecular formula is C9H20N2O3S. The molecule has 0 amide bonds. The van der Waals surface area contributed by atoms with E-state index in [0.717, 1.165) is 19.5 Å². The molecule has 1 atom stereocenters. The summed E-state index contributed by atoms with van der Waals surface area (Å²) in [6, 6.07) is 0.0500. The van der Waals surface area contributed by atoms with Crippen molar-refractivity contribution in [1.82, 2.24) is 10.0 Å². The van der Waals surface area contributed by atoms with Crippen LogP contribution >= 0.6 is 0 Å². The van der Waals surface area contributed by atoms with Crippen molar-refractivity contribution < 1.29 is 13.2 Å². The topological polar surface area (TPSA) is 67.4 Å². The highest BCUT2D eigenvalue weighted by Crippen LogP contribution is 2.00. The first-order valence-corrected chi connectivity index (χ1v) is 6.97. The van der Waals surface area contributed by atoms with Crippen molar-refractivity contribution in [2.75, 3.05) is 25.4 Å².